The lowest BCUT2D eigenvalue weighted by Gasteiger charge is -2.21. The number of rotatable bonds is 3. The van der Waals surface area contributed by atoms with Gasteiger partial charge in [0.05, 0.1) is 19.3 Å². The highest BCUT2D eigenvalue weighted by molar-refractivity contribution is 5.97. The van der Waals surface area contributed by atoms with Crippen molar-refractivity contribution in [2.75, 3.05) is 20.4 Å². The van der Waals surface area contributed by atoms with Crippen molar-refractivity contribution in [1.29, 1.82) is 0 Å². The normalized spacial score (nSPS) is 21.0. The van der Waals surface area contributed by atoms with E-state index in [1.807, 2.05) is 0 Å². The molecule has 1 aliphatic carbocycles. The van der Waals surface area contributed by atoms with Crippen LogP contribution < -0.4 is 0 Å². The number of phenols is 1. The average Bonchev–Trinajstić information content (AvgIpc) is 3.21. The summed E-state index contributed by atoms with van der Waals surface area (Å²) < 4.78 is 23.8. The summed E-state index contributed by atoms with van der Waals surface area (Å²) in [4.78, 5) is 25.3. The lowest BCUT2D eigenvalue weighted by molar-refractivity contribution is -0.144. The van der Waals surface area contributed by atoms with E-state index < -0.39 is 23.7 Å². The average molecular weight is 309 g/mol. The predicted octanol–water partition coefficient (Wildman–Crippen LogP) is 1.38. The first-order valence-corrected chi connectivity index (χ1v) is 7.02. The standard InChI is InChI=1S/C15H16FNO5/c1-21-15(20)12-6-22-7-17(12)14(19)10-4-9(8-2-3-8)13(18)5-11(10)16/h4-5,8,12,18H,2-3,6-7H2,1H3/t12-/m0/s1. The fourth-order valence-corrected chi connectivity index (χ4v) is 2.59. The van der Waals surface area contributed by atoms with Gasteiger partial charge in [-0.15, -0.1) is 0 Å². The van der Waals surface area contributed by atoms with Gasteiger partial charge in [0.1, 0.15) is 18.3 Å². The van der Waals surface area contributed by atoms with Crippen molar-refractivity contribution in [2.24, 2.45) is 0 Å². The minimum Gasteiger partial charge on any atom is -0.508 e. The number of esters is 1. The molecule has 2 aliphatic rings. The van der Waals surface area contributed by atoms with Crippen LogP contribution in [0.2, 0.25) is 0 Å². The highest BCUT2D eigenvalue weighted by Crippen LogP contribution is 2.44. The Morgan fingerprint density at radius 3 is 2.77 bits per heavy atom. The highest BCUT2D eigenvalue weighted by Gasteiger charge is 2.38. The molecule has 0 radical (unpaired) electrons. The van der Waals surface area contributed by atoms with E-state index in [2.05, 4.69) is 4.74 Å². The summed E-state index contributed by atoms with van der Waals surface area (Å²) in [5.41, 5.74) is 0.401. The topological polar surface area (TPSA) is 76.1 Å². The molecule has 0 aromatic heterocycles. The zero-order valence-corrected chi connectivity index (χ0v) is 12.0. The molecule has 1 heterocycles. The van der Waals surface area contributed by atoms with E-state index in [1.165, 1.54) is 13.2 Å². The van der Waals surface area contributed by atoms with Crippen LogP contribution in [0.3, 0.4) is 0 Å². The number of hydrogen-bond donors (Lipinski definition) is 1. The number of methoxy groups -OCH3 is 1. The molecule has 1 N–H and O–H groups in total. The first kappa shape index (κ1) is 14.8. The van der Waals surface area contributed by atoms with Crippen molar-refractivity contribution in [2.45, 2.75) is 24.8 Å². The van der Waals surface area contributed by atoms with Crippen LogP contribution >= 0.6 is 0 Å². The van der Waals surface area contributed by atoms with E-state index in [0.717, 1.165) is 23.8 Å². The van der Waals surface area contributed by atoms with Gasteiger partial charge in [0.25, 0.3) is 5.91 Å². The maximum Gasteiger partial charge on any atom is 0.331 e. The molecule has 1 aliphatic heterocycles. The number of benzene rings is 1. The maximum absolute atomic E-state index is 14.1. The van der Waals surface area contributed by atoms with Gasteiger partial charge in [-0.3, -0.25) is 9.69 Å². The smallest absolute Gasteiger partial charge is 0.331 e. The summed E-state index contributed by atoms with van der Waals surface area (Å²) in [6.07, 6.45) is 1.81. The molecule has 3 rings (SSSR count). The number of nitrogens with zero attached hydrogens (tertiary/aromatic N) is 1. The van der Waals surface area contributed by atoms with Crippen LogP contribution in [-0.2, 0) is 14.3 Å². The van der Waals surface area contributed by atoms with Crippen molar-refractivity contribution < 1.29 is 28.6 Å². The van der Waals surface area contributed by atoms with Gasteiger partial charge in [0, 0.05) is 6.07 Å². The number of amides is 1. The summed E-state index contributed by atoms with van der Waals surface area (Å²) in [5.74, 6) is -2.04. The molecule has 1 aromatic carbocycles. The van der Waals surface area contributed by atoms with Crippen molar-refractivity contribution in [1.82, 2.24) is 4.90 Å². The van der Waals surface area contributed by atoms with Gasteiger partial charge in [-0.2, -0.15) is 0 Å². The summed E-state index contributed by atoms with van der Waals surface area (Å²) in [7, 11) is 1.22. The van der Waals surface area contributed by atoms with Gasteiger partial charge in [0.2, 0.25) is 0 Å². The molecule has 2 fully saturated rings. The van der Waals surface area contributed by atoms with Crippen LogP contribution in [0.25, 0.3) is 0 Å². The number of aromatic hydroxyl groups is 1. The van der Waals surface area contributed by atoms with Crippen molar-refractivity contribution in [3.05, 3.63) is 29.1 Å². The van der Waals surface area contributed by atoms with Gasteiger partial charge in [-0.05, 0) is 30.4 Å². The second-order valence-corrected chi connectivity index (χ2v) is 5.48. The molecule has 22 heavy (non-hydrogen) atoms. The van der Waals surface area contributed by atoms with Crippen LogP contribution in [0.15, 0.2) is 12.1 Å². The van der Waals surface area contributed by atoms with E-state index >= 15 is 0 Å². The van der Waals surface area contributed by atoms with Crippen LogP contribution in [0.4, 0.5) is 4.39 Å². The van der Waals surface area contributed by atoms with Crippen LogP contribution in [-0.4, -0.2) is 48.4 Å². The minimum absolute atomic E-state index is 0.0214. The molecule has 1 saturated heterocycles. The van der Waals surface area contributed by atoms with Gasteiger partial charge in [0.15, 0.2) is 6.04 Å². The van der Waals surface area contributed by atoms with Crippen LogP contribution in [0, 0.1) is 5.82 Å². The van der Waals surface area contributed by atoms with E-state index in [0.29, 0.717) is 5.56 Å². The quantitative estimate of drug-likeness (QED) is 0.854. The van der Waals surface area contributed by atoms with Gasteiger partial charge in [-0.25, -0.2) is 9.18 Å². The number of carbonyl (C=O) groups excluding carboxylic acids is 2. The molecule has 1 saturated carbocycles. The van der Waals surface area contributed by atoms with Gasteiger partial charge < -0.3 is 14.6 Å². The molecule has 6 nitrogen and oxygen atoms in total. The third kappa shape index (κ3) is 2.52. The molecule has 1 aromatic rings. The molecule has 0 bridgehead atoms. The lowest BCUT2D eigenvalue weighted by Crippen LogP contribution is -2.42. The van der Waals surface area contributed by atoms with Gasteiger partial charge >= 0.3 is 5.97 Å². The SMILES string of the molecule is COC(=O)[C@@H]1COCN1C(=O)c1cc(C2CC2)c(O)cc1F. The first-order valence-electron chi connectivity index (χ1n) is 7.02. The largest absolute Gasteiger partial charge is 0.508 e. The number of phenolic OH excluding ortho intramolecular Hbond substituents is 1. The van der Waals surface area contributed by atoms with Crippen molar-refractivity contribution in [3.8, 4) is 5.75 Å². The van der Waals surface area contributed by atoms with E-state index in [4.69, 9.17) is 4.74 Å². The van der Waals surface area contributed by atoms with Crippen LogP contribution in [0.1, 0.15) is 34.7 Å². The number of ether oxygens (including phenoxy) is 2. The number of hydrogen-bond acceptors (Lipinski definition) is 5. The summed E-state index contributed by atoms with van der Waals surface area (Å²) in [6.45, 7) is -0.0781. The van der Waals surface area contributed by atoms with Gasteiger partial charge in [-0.1, -0.05) is 0 Å². The molecular weight excluding hydrogens is 293 g/mol. The molecule has 118 valence electrons. The Bertz CT molecular complexity index is 629. The fourth-order valence-electron chi connectivity index (χ4n) is 2.59. The number of carbonyl (C=O) groups is 2. The van der Waals surface area contributed by atoms with E-state index in [-0.39, 0.29) is 30.6 Å². The van der Waals surface area contributed by atoms with E-state index in [1.54, 1.807) is 0 Å². The van der Waals surface area contributed by atoms with Crippen molar-refractivity contribution >= 4 is 11.9 Å². The Hall–Kier alpha value is -2.15. The van der Waals surface area contributed by atoms with Crippen LogP contribution in [0.5, 0.6) is 5.75 Å². The minimum atomic E-state index is -0.880. The lowest BCUT2D eigenvalue weighted by atomic mass is 10.0. The zero-order chi connectivity index (χ0) is 15.9. The molecule has 7 heteroatoms. The first-order chi connectivity index (χ1) is 10.5. The third-order valence-corrected chi connectivity index (χ3v) is 3.98. The second-order valence-electron chi connectivity index (χ2n) is 5.48. The van der Waals surface area contributed by atoms with Crippen molar-refractivity contribution in [3.63, 3.8) is 0 Å². The monoisotopic (exact) mass is 309 g/mol. The zero-order valence-electron chi connectivity index (χ0n) is 12.0. The molecule has 0 unspecified atom stereocenters. The number of halogens is 1. The van der Waals surface area contributed by atoms with E-state index in [9.17, 15) is 19.1 Å². The maximum atomic E-state index is 14.1. The Labute approximate surface area is 126 Å². The summed E-state index contributed by atoms with van der Waals surface area (Å²) >= 11 is 0. The molecule has 1 atom stereocenters. The Morgan fingerprint density at radius 2 is 2.14 bits per heavy atom. The predicted molar refractivity (Wildman–Crippen MR) is 72.8 cm³/mol. The second kappa shape index (κ2) is 5.57. The Balaban J connectivity index is 1.91. The third-order valence-electron chi connectivity index (χ3n) is 3.98. The molecule has 0 spiro atoms. The molecular formula is C15H16FNO5. The fraction of sp³-hybridized carbons (Fsp3) is 0.467. The summed E-state index contributed by atoms with van der Waals surface area (Å²) in [6, 6.07) is 1.44. The Kier molecular flexibility index (Phi) is 3.74. The Morgan fingerprint density at radius 1 is 1.41 bits per heavy atom. The highest BCUT2D eigenvalue weighted by atomic mass is 19.1. The summed E-state index contributed by atoms with van der Waals surface area (Å²) in [5, 5.41) is 9.79. The molecule has 1 amide bonds.